The molecule has 18 heavy (non-hydrogen) atoms. The second kappa shape index (κ2) is 4.65. The van der Waals surface area contributed by atoms with E-state index < -0.39 is 0 Å². The van der Waals surface area contributed by atoms with E-state index in [4.69, 9.17) is 0 Å². The summed E-state index contributed by atoms with van der Waals surface area (Å²) in [4.78, 5) is 12.3. The number of carbonyl (C=O) groups is 1. The number of carbonyl (C=O) groups excluding carboxylic acids is 1. The molecule has 2 nitrogen and oxygen atoms in total. The highest BCUT2D eigenvalue weighted by molar-refractivity contribution is 6.16. The number of aliphatic hydroxyl groups excluding tert-OH is 1. The largest absolute Gasteiger partial charge is 0.507 e. The van der Waals surface area contributed by atoms with E-state index in [9.17, 15) is 9.90 Å². The Labute approximate surface area is 107 Å². The molecule has 0 bridgehead atoms. The molecule has 0 aromatic heterocycles. The van der Waals surface area contributed by atoms with Crippen LogP contribution in [0.1, 0.15) is 36.2 Å². The van der Waals surface area contributed by atoms with Crippen LogP contribution in [0.15, 0.2) is 53.8 Å². The van der Waals surface area contributed by atoms with Gasteiger partial charge in [-0.2, -0.15) is 0 Å². The lowest BCUT2D eigenvalue weighted by Crippen LogP contribution is -2.15. The smallest absolute Gasteiger partial charge is 0.193 e. The molecule has 0 saturated heterocycles. The molecule has 1 aliphatic rings. The monoisotopic (exact) mass is 240 g/mol. The lowest BCUT2D eigenvalue weighted by atomic mass is 9.85. The fourth-order valence-electron chi connectivity index (χ4n) is 2.02. The van der Waals surface area contributed by atoms with Gasteiger partial charge in [0.2, 0.25) is 0 Å². The van der Waals surface area contributed by atoms with Gasteiger partial charge in [0.25, 0.3) is 0 Å². The first kappa shape index (κ1) is 12.4. The van der Waals surface area contributed by atoms with Crippen LogP contribution in [0.25, 0.3) is 5.57 Å². The Bertz CT molecular complexity index is 585. The van der Waals surface area contributed by atoms with Gasteiger partial charge in [-0.3, -0.25) is 4.79 Å². The van der Waals surface area contributed by atoms with E-state index in [2.05, 4.69) is 6.58 Å². The number of hydrogen-bond acceptors (Lipinski definition) is 2. The molecule has 0 fully saturated rings. The van der Waals surface area contributed by atoms with Crippen LogP contribution < -0.4 is 0 Å². The van der Waals surface area contributed by atoms with Gasteiger partial charge in [0.05, 0.1) is 0 Å². The fraction of sp³-hybridized carbons (Fsp3) is 0.188. The van der Waals surface area contributed by atoms with Crippen LogP contribution in [0.2, 0.25) is 0 Å². The molecule has 0 atom stereocenters. The van der Waals surface area contributed by atoms with Crippen molar-refractivity contribution in [1.82, 2.24) is 0 Å². The van der Waals surface area contributed by atoms with Crippen LogP contribution in [0.4, 0.5) is 0 Å². The molecule has 0 saturated carbocycles. The lowest BCUT2D eigenvalue weighted by Gasteiger charge is -2.19. The molecule has 0 heterocycles. The second-order valence-electron chi connectivity index (χ2n) is 4.67. The van der Waals surface area contributed by atoms with Crippen LogP contribution in [0, 0.1) is 0 Å². The molecule has 0 amide bonds. The van der Waals surface area contributed by atoms with Gasteiger partial charge >= 0.3 is 0 Å². The molecular weight excluding hydrogens is 224 g/mol. The van der Waals surface area contributed by atoms with Crippen molar-refractivity contribution < 1.29 is 9.90 Å². The number of fused-ring (bicyclic) bond motifs is 1. The Morgan fingerprint density at radius 3 is 2.50 bits per heavy atom. The Morgan fingerprint density at radius 2 is 1.89 bits per heavy atom. The average Bonchev–Trinajstić information content (AvgIpc) is 2.36. The minimum Gasteiger partial charge on any atom is -0.507 e. The highest BCUT2D eigenvalue weighted by atomic mass is 16.3. The summed E-state index contributed by atoms with van der Waals surface area (Å²) < 4.78 is 0. The SMILES string of the molecule is C=C1C(O)=C(CC=C(C)C)C(=O)c2ccccc21. The average molecular weight is 240 g/mol. The van der Waals surface area contributed by atoms with Gasteiger partial charge < -0.3 is 5.11 Å². The molecule has 0 aliphatic heterocycles. The summed E-state index contributed by atoms with van der Waals surface area (Å²) in [6.45, 7) is 7.80. The summed E-state index contributed by atoms with van der Waals surface area (Å²) in [5.41, 5.74) is 3.42. The molecule has 1 aliphatic carbocycles. The number of Topliss-reactive ketones (excluding diaryl/α,β-unsaturated/α-hetero) is 1. The zero-order chi connectivity index (χ0) is 13.3. The van der Waals surface area contributed by atoms with Crippen molar-refractivity contribution >= 4 is 11.4 Å². The highest BCUT2D eigenvalue weighted by Gasteiger charge is 2.27. The first-order valence-corrected chi connectivity index (χ1v) is 5.91. The second-order valence-corrected chi connectivity index (χ2v) is 4.67. The molecule has 2 heteroatoms. The van der Waals surface area contributed by atoms with Gasteiger partial charge in [0.15, 0.2) is 5.78 Å². The van der Waals surface area contributed by atoms with Gasteiger partial charge in [-0.1, -0.05) is 42.5 Å². The minimum atomic E-state index is -0.104. The number of benzene rings is 1. The molecule has 0 spiro atoms. The Hall–Kier alpha value is -2.09. The maximum Gasteiger partial charge on any atom is 0.193 e. The first-order chi connectivity index (χ1) is 8.52. The number of rotatable bonds is 2. The van der Waals surface area contributed by atoms with E-state index in [1.807, 2.05) is 38.1 Å². The Balaban J connectivity index is 2.50. The van der Waals surface area contributed by atoms with Gasteiger partial charge in [0, 0.05) is 16.7 Å². The van der Waals surface area contributed by atoms with Crippen molar-refractivity contribution in [3.05, 3.63) is 65.0 Å². The summed E-state index contributed by atoms with van der Waals surface area (Å²) >= 11 is 0. The predicted molar refractivity (Wildman–Crippen MR) is 73.5 cm³/mol. The Morgan fingerprint density at radius 1 is 1.28 bits per heavy atom. The zero-order valence-electron chi connectivity index (χ0n) is 10.7. The Kier molecular flexibility index (Phi) is 3.19. The van der Waals surface area contributed by atoms with Crippen molar-refractivity contribution in [2.75, 3.05) is 0 Å². The van der Waals surface area contributed by atoms with E-state index in [0.717, 1.165) is 11.1 Å². The quantitative estimate of drug-likeness (QED) is 0.791. The van der Waals surface area contributed by atoms with Gasteiger partial charge in [-0.15, -0.1) is 0 Å². The molecule has 2 rings (SSSR count). The summed E-state index contributed by atoms with van der Waals surface area (Å²) in [6, 6.07) is 7.25. The third-order valence-electron chi connectivity index (χ3n) is 3.06. The van der Waals surface area contributed by atoms with Crippen molar-refractivity contribution in [3.8, 4) is 0 Å². The van der Waals surface area contributed by atoms with Crippen LogP contribution in [-0.4, -0.2) is 10.9 Å². The van der Waals surface area contributed by atoms with Crippen molar-refractivity contribution in [3.63, 3.8) is 0 Å². The van der Waals surface area contributed by atoms with Gasteiger partial charge in [0.1, 0.15) is 5.76 Å². The first-order valence-electron chi connectivity index (χ1n) is 5.91. The topological polar surface area (TPSA) is 37.3 Å². The van der Waals surface area contributed by atoms with Gasteiger partial charge in [-0.25, -0.2) is 0 Å². The van der Waals surface area contributed by atoms with Crippen molar-refractivity contribution in [1.29, 1.82) is 0 Å². The number of hydrogen-bond donors (Lipinski definition) is 1. The lowest BCUT2D eigenvalue weighted by molar-refractivity contribution is 0.102. The third kappa shape index (κ3) is 2.02. The summed E-state index contributed by atoms with van der Waals surface area (Å²) in [5.74, 6) is -0.0794. The number of ketones is 1. The van der Waals surface area contributed by atoms with E-state index in [1.165, 1.54) is 0 Å². The standard InChI is InChI=1S/C16H16O2/c1-10(2)8-9-14-15(17)11(3)12-6-4-5-7-13(12)16(14)18/h4-8,17H,3,9H2,1-2H3. The molecule has 0 radical (unpaired) electrons. The van der Waals surface area contributed by atoms with E-state index in [1.54, 1.807) is 6.07 Å². The van der Waals surface area contributed by atoms with Crippen LogP contribution in [0.5, 0.6) is 0 Å². The summed E-state index contributed by atoms with van der Waals surface area (Å²) in [5, 5.41) is 10.1. The fourth-order valence-corrected chi connectivity index (χ4v) is 2.02. The molecule has 1 aromatic rings. The predicted octanol–water partition coefficient (Wildman–Crippen LogP) is 4.06. The molecule has 0 unspecified atom stereocenters. The van der Waals surface area contributed by atoms with E-state index in [0.29, 0.717) is 23.1 Å². The normalized spacial score (nSPS) is 14.6. The number of allylic oxidation sites excluding steroid dienone is 4. The summed E-state index contributed by atoms with van der Waals surface area (Å²) in [6.07, 6.45) is 2.38. The number of aliphatic hydroxyl groups is 1. The van der Waals surface area contributed by atoms with E-state index >= 15 is 0 Å². The van der Waals surface area contributed by atoms with Crippen LogP contribution >= 0.6 is 0 Å². The molecular formula is C16H16O2. The maximum absolute atomic E-state index is 12.3. The van der Waals surface area contributed by atoms with Crippen LogP contribution in [-0.2, 0) is 0 Å². The summed E-state index contributed by atoms with van der Waals surface area (Å²) in [7, 11) is 0. The molecule has 92 valence electrons. The third-order valence-corrected chi connectivity index (χ3v) is 3.06. The minimum absolute atomic E-state index is 0.0243. The molecule has 1 aromatic carbocycles. The zero-order valence-corrected chi connectivity index (χ0v) is 10.7. The van der Waals surface area contributed by atoms with Gasteiger partial charge in [-0.05, 0) is 25.8 Å². The van der Waals surface area contributed by atoms with Crippen molar-refractivity contribution in [2.24, 2.45) is 0 Å². The highest BCUT2D eigenvalue weighted by Crippen LogP contribution is 2.34. The van der Waals surface area contributed by atoms with Crippen molar-refractivity contribution in [2.45, 2.75) is 20.3 Å². The molecule has 1 N–H and O–H groups in total. The van der Waals surface area contributed by atoms with E-state index in [-0.39, 0.29) is 11.5 Å². The maximum atomic E-state index is 12.3. The van der Waals surface area contributed by atoms with Crippen LogP contribution in [0.3, 0.4) is 0 Å².